The number of aromatic amines is 1. The average molecular weight is 453 g/mol. The van der Waals surface area contributed by atoms with Gasteiger partial charge in [-0.25, -0.2) is 9.36 Å². The molecule has 13 nitrogen and oxygen atoms in total. The molecule has 0 aliphatic carbocycles. The molecule has 31 heavy (non-hydrogen) atoms. The van der Waals surface area contributed by atoms with Gasteiger partial charge in [-0.2, -0.15) is 0 Å². The van der Waals surface area contributed by atoms with E-state index in [1.165, 1.54) is 37.4 Å². The first-order chi connectivity index (χ1) is 14.7. The van der Waals surface area contributed by atoms with Gasteiger partial charge in [-0.1, -0.05) is 17.2 Å². The lowest BCUT2D eigenvalue weighted by atomic mass is 10.1. The number of aromatic hydroxyl groups is 1. The van der Waals surface area contributed by atoms with Gasteiger partial charge < -0.3 is 14.7 Å². The summed E-state index contributed by atoms with van der Waals surface area (Å²) in [6.45, 7) is 0.831. The summed E-state index contributed by atoms with van der Waals surface area (Å²) in [5, 5.41) is 12.9. The Labute approximate surface area is 175 Å². The van der Waals surface area contributed by atoms with Gasteiger partial charge in [0.05, 0.1) is 25.4 Å². The highest BCUT2D eigenvalue weighted by molar-refractivity contribution is 7.47. The van der Waals surface area contributed by atoms with Gasteiger partial charge in [-0.15, -0.1) is 0 Å². The number of phenolic OH excluding ortho intramolecular Hbond substituents is 1. The first-order valence-corrected chi connectivity index (χ1v) is 10.6. The molecule has 1 unspecified atom stereocenters. The van der Waals surface area contributed by atoms with E-state index in [9.17, 15) is 24.2 Å². The molecule has 4 atom stereocenters. The maximum absolute atomic E-state index is 12.2. The number of ether oxygens (including phenoxy) is 1. The van der Waals surface area contributed by atoms with Crippen molar-refractivity contribution < 1.29 is 28.3 Å². The van der Waals surface area contributed by atoms with Crippen LogP contribution >= 0.6 is 7.82 Å². The molecule has 2 heterocycles. The second-order valence-corrected chi connectivity index (χ2v) is 8.27. The third kappa shape index (κ3) is 5.82. The minimum absolute atomic E-state index is 0.0426. The average Bonchev–Trinajstić information content (AvgIpc) is 3.12. The van der Waals surface area contributed by atoms with Crippen LogP contribution in [0.5, 0.6) is 5.75 Å². The fraction of sp³-hybridized carbons (Fsp3) is 0.412. The largest absolute Gasteiger partial charge is 0.508 e. The molecule has 1 fully saturated rings. The summed E-state index contributed by atoms with van der Waals surface area (Å²) in [4.78, 5) is 38.4. The molecule has 1 aliphatic heterocycles. The summed E-state index contributed by atoms with van der Waals surface area (Å²) < 4.78 is 28.9. The maximum Gasteiger partial charge on any atom is 0.472 e. The van der Waals surface area contributed by atoms with Crippen molar-refractivity contribution in [2.75, 3.05) is 6.61 Å². The smallest absolute Gasteiger partial charge is 0.472 e. The van der Waals surface area contributed by atoms with Gasteiger partial charge in [0.15, 0.2) is 0 Å². The molecule has 3 rings (SSSR count). The molecule has 3 N–H and O–H groups in total. The Kier molecular flexibility index (Phi) is 6.96. The molecule has 0 saturated carbocycles. The van der Waals surface area contributed by atoms with Crippen molar-refractivity contribution in [1.29, 1.82) is 0 Å². The molecule has 0 radical (unpaired) electrons. The number of phosphoric acid groups is 1. The van der Waals surface area contributed by atoms with Crippen LogP contribution in [0.25, 0.3) is 10.4 Å². The first kappa shape index (κ1) is 22.8. The molecule has 1 aliphatic rings. The number of aryl methyl sites for hydroxylation is 1. The van der Waals surface area contributed by atoms with Crippen molar-refractivity contribution in [2.24, 2.45) is 5.11 Å². The van der Waals surface area contributed by atoms with Crippen molar-refractivity contribution in [3.8, 4) is 5.75 Å². The summed E-state index contributed by atoms with van der Waals surface area (Å²) in [5.41, 5.74) is 8.38. The summed E-state index contributed by atoms with van der Waals surface area (Å²) >= 11 is 0. The zero-order valence-electron chi connectivity index (χ0n) is 16.3. The van der Waals surface area contributed by atoms with E-state index in [1.54, 1.807) is 0 Å². The second-order valence-electron chi connectivity index (χ2n) is 6.82. The van der Waals surface area contributed by atoms with Gasteiger partial charge in [0.2, 0.25) is 0 Å². The van der Waals surface area contributed by atoms with E-state index in [0.29, 0.717) is 5.56 Å². The van der Waals surface area contributed by atoms with E-state index in [-0.39, 0.29) is 24.3 Å². The molecule has 0 bridgehead atoms. The van der Waals surface area contributed by atoms with Crippen LogP contribution in [0.4, 0.5) is 0 Å². The minimum atomic E-state index is -4.48. The van der Waals surface area contributed by atoms with Crippen LogP contribution in [-0.4, -0.2) is 38.3 Å². The number of azide groups is 1. The number of H-pyrrole nitrogens is 1. The molecular formula is C17H20N5O8P. The Morgan fingerprint density at radius 1 is 1.35 bits per heavy atom. The van der Waals surface area contributed by atoms with Crippen LogP contribution in [0.15, 0.2) is 45.2 Å². The number of nitrogens with one attached hydrogen (secondary N) is 1. The van der Waals surface area contributed by atoms with Gasteiger partial charge in [-0.3, -0.25) is 23.4 Å². The highest BCUT2D eigenvalue weighted by atomic mass is 31.2. The molecule has 2 aromatic rings. The molecule has 0 amide bonds. The van der Waals surface area contributed by atoms with E-state index < -0.39 is 44.1 Å². The number of benzene rings is 1. The van der Waals surface area contributed by atoms with Crippen LogP contribution < -0.4 is 11.2 Å². The van der Waals surface area contributed by atoms with E-state index in [0.717, 1.165) is 4.57 Å². The summed E-state index contributed by atoms with van der Waals surface area (Å²) in [6.07, 6.45) is -0.394. The number of aromatic nitrogens is 2. The van der Waals surface area contributed by atoms with Crippen LogP contribution in [0.1, 0.15) is 23.8 Å². The second kappa shape index (κ2) is 9.48. The molecule has 1 saturated heterocycles. The lowest BCUT2D eigenvalue weighted by Gasteiger charge is -2.18. The lowest BCUT2D eigenvalue weighted by molar-refractivity contribution is -0.0287. The van der Waals surface area contributed by atoms with E-state index in [4.69, 9.17) is 19.3 Å². The molecule has 1 aromatic heterocycles. The summed E-state index contributed by atoms with van der Waals surface area (Å²) in [6, 6.07) is 5.05. The zero-order valence-corrected chi connectivity index (χ0v) is 17.2. The number of rotatable bonds is 8. The van der Waals surface area contributed by atoms with Gasteiger partial charge in [-0.05, 0) is 30.2 Å². The maximum atomic E-state index is 12.2. The number of hydrogen-bond acceptors (Lipinski definition) is 8. The Morgan fingerprint density at radius 3 is 2.74 bits per heavy atom. The highest BCUT2D eigenvalue weighted by Gasteiger charge is 2.38. The van der Waals surface area contributed by atoms with Gasteiger partial charge in [0.1, 0.15) is 12.0 Å². The third-order valence-corrected chi connectivity index (χ3v) is 5.52. The Morgan fingerprint density at radius 2 is 2.06 bits per heavy atom. The quantitative estimate of drug-likeness (QED) is 0.233. The lowest BCUT2D eigenvalue weighted by Crippen LogP contribution is -2.33. The number of phenols is 1. The fourth-order valence-electron chi connectivity index (χ4n) is 2.98. The van der Waals surface area contributed by atoms with E-state index in [1.807, 2.05) is 0 Å². The zero-order chi connectivity index (χ0) is 22.6. The predicted molar refractivity (Wildman–Crippen MR) is 106 cm³/mol. The van der Waals surface area contributed by atoms with Crippen LogP contribution in [-0.2, 0) is 25.0 Å². The van der Waals surface area contributed by atoms with Crippen molar-refractivity contribution >= 4 is 7.82 Å². The topological polar surface area (TPSA) is 189 Å². The normalized spacial score (nSPS) is 22.6. The monoisotopic (exact) mass is 453 g/mol. The van der Waals surface area contributed by atoms with Crippen molar-refractivity contribution in [1.82, 2.24) is 9.55 Å². The van der Waals surface area contributed by atoms with Gasteiger partial charge >= 0.3 is 13.5 Å². The molecule has 166 valence electrons. The molecule has 14 heteroatoms. The minimum Gasteiger partial charge on any atom is -0.508 e. The van der Waals surface area contributed by atoms with Gasteiger partial charge in [0, 0.05) is 23.1 Å². The summed E-state index contributed by atoms with van der Waals surface area (Å²) in [7, 11) is -4.48. The standard InChI is InChI=1S/C17H20N5O8P/c1-10-7-22(17(25)19-16(10)24)15-6-13(20-21-18)14(30-15)9-29-31(26,27)28-8-11-2-4-12(23)5-3-11/h2-5,7,13-15,23H,6,8-9H2,1H3,(H,26,27)(H,19,24,25)/t13-,14+,15+/m0/s1. The van der Waals surface area contributed by atoms with Crippen molar-refractivity contribution in [3.05, 3.63) is 72.9 Å². The Bertz CT molecular complexity index is 1140. The fourth-order valence-corrected chi connectivity index (χ4v) is 3.70. The molecular weight excluding hydrogens is 433 g/mol. The van der Waals surface area contributed by atoms with E-state index in [2.05, 4.69) is 15.0 Å². The Hall–Kier alpha value is -2.92. The van der Waals surface area contributed by atoms with Crippen molar-refractivity contribution in [2.45, 2.75) is 38.3 Å². The van der Waals surface area contributed by atoms with Crippen molar-refractivity contribution in [3.63, 3.8) is 0 Å². The SMILES string of the molecule is Cc1cn([C@H]2C[C@H](N=[N+]=[N-])[C@@H](COP(=O)(O)OCc3ccc(O)cc3)O2)c(=O)[nH]c1=O. The first-order valence-electron chi connectivity index (χ1n) is 9.10. The van der Waals surface area contributed by atoms with Crippen LogP contribution in [0, 0.1) is 6.92 Å². The van der Waals surface area contributed by atoms with E-state index >= 15 is 0 Å². The summed E-state index contributed by atoms with van der Waals surface area (Å²) in [5.74, 6) is 0.0426. The van der Waals surface area contributed by atoms with Crippen LogP contribution in [0.2, 0.25) is 0 Å². The predicted octanol–water partition coefficient (Wildman–Crippen LogP) is 1.85. The van der Waals surface area contributed by atoms with Gasteiger partial charge in [0.25, 0.3) is 5.56 Å². The molecule has 0 spiro atoms. The molecule has 1 aromatic carbocycles. The highest BCUT2D eigenvalue weighted by Crippen LogP contribution is 2.45. The van der Waals surface area contributed by atoms with Crippen LogP contribution in [0.3, 0.4) is 0 Å². The Balaban J connectivity index is 1.65. The third-order valence-electron chi connectivity index (χ3n) is 4.59. The number of hydrogen-bond donors (Lipinski definition) is 3. The number of phosphoric ester groups is 1. The number of nitrogens with zero attached hydrogens (tertiary/aromatic N) is 4.